The summed E-state index contributed by atoms with van der Waals surface area (Å²) < 4.78 is 61.0. The van der Waals surface area contributed by atoms with Gasteiger partial charge in [-0.2, -0.15) is 17.5 Å². The highest BCUT2D eigenvalue weighted by molar-refractivity contribution is 7.89. The molecule has 0 saturated carbocycles. The Bertz CT molecular complexity index is 495. The first-order chi connectivity index (χ1) is 8.20. The van der Waals surface area contributed by atoms with Crippen LogP contribution < -0.4 is 0 Å². The first kappa shape index (κ1) is 15.0. The number of alkyl halides is 3. The summed E-state index contributed by atoms with van der Waals surface area (Å²) in [6.07, 6.45) is -3.06. The zero-order valence-electron chi connectivity index (χ0n) is 9.95. The molecule has 18 heavy (non-hydrogen) atoms. The molecule has 0 atom stereocenters. The number of H-pyrrole nitrogens is 1. The normalized spacial score (nSPS) is 13.2. The van der Waals surface area contributed by atoms with E-state index in [0.717, 1.165) is 6.20 Å². The van der Waals surface area contributed by atoms with Crippen molar-refractivity contribution in [2.75, 3.05) is 13.1 Å². The van der Waals surface area contributed by atoms with Crippen molar-refractivity contribution in [2.24, 2.45) is 0 Å². The second-order valence-electron chi connectivity index (χ2n) is 3.59. The highest BCUT2D eigenvalue weighted by atomic mass is 32.2. The Morgan fingerprint density at radius 3 is 2.39 bits per heavy atom. The van der Waals surface area contributed by atoms with E-state index in [1.807, 2.05) is 0 Å². The van der Waals surface area contributed by atoms with E-state index >= 15 is 0 Å². The number of aromatic nitrogens is 2. The van der Waals surface area contributed by atoms with E-state index in [1.54, 1.807) is 6.92 Å². The van der Waals surface area contributed by atoms with Crippen molar-refractivity contribution in [3.05, 3.63) is 12.0 Å². The molecule has 0 radical (unpaired) electrons. The number of halogens is 3. The SMILES string of the molecule is CCc1ncc(S(=O)(=O)N(CC)CC(F)(F)F)[nH]1. The quantitative estimate of drug-likeness (QED) is 0.892. The monoisotopic (exact) mass is 285 g/mol. The summed E-state index contributed by atoms with van der Waals surface area (Å²) >= 11 is 0. The summed E-state index contributed by atoms with van der Waals surface area (Å²) in [7, 11) is -4.18. The van der Waals surface area contributed by atoms with Crippen LogP contribution in [0, 0.1) is 0 Å². The lowest BCUT2D eigenvalue weighted by Gasteiger charge is -2.20. The van der Waals surface area contributed by atoms with E-state index in [9.17, 15) is 21.6 Å². The van der Waals surface area contributed by atoms with E-state index < -0.39 is 22.7 Å². The van der Waals surface area contributed by atoms with Crippen molar-refractivity contribution in [3.63, 3.8) is 0 Å². The average molecular weight is 285 g/mol. The van der Waals surface area contributed by atoms with E-state index in [2.05, 4.69) is 9.97 Å². The van der Waals surface area contributed by atoms with Gasteiger partial charge in [-0.05, 0) is 0 Å². The van der Waals surface area contributed by atoms with Crippen LogP contribution in [0.15, 0.2) is 11.2 Å². The molecule has 0 amide bonds. The van der Waals surface area contributed by atoms with Crippen molar-refractivity contribution in [2.45, 2.75) is 31.5 Å². The van der Waals surface area contributed by atoms with Gasteiger partial charge in [0.05, 0.1) is 6.20 Å². The van der Waals surface area contributed by atoms with Gasteiger partial charge >= 0.3 is 6.18 Å². The van der Waals surface area contributed by atoms with E-state index in [0.29, 0.717) is 16.6 Å². The molecule has 0 aromatic carbocycles. The number of nitrogens with one attached hydrogen (secondary N) is 1. The molecule has 1 N–H and O–H groups in total. The molecular weight excluding hydrogens is 271 g/mol. The minimum atomic E-state index is -4.57. The number of aryl methyl sites for hydroxylation is 1. The lowest BCUT2D eigenvalue weighted by molar-refractivity contribution is -0.135. The Morgan fingerprint density at radius 1 is 1.39 bits per heavy atom. The zero-order chi connectivity index (χ0) is 14.0. The molecule has 0 bridgehead atoms. The Balaban J connectivity index is 3.03. The van der Waals surface area contributed by atoms with E-state index in [-0.39, 0.29) is 11.6 Å². The molecular formula is C9H14F3N3O2S. The van der Waals surface area contributed by atoms with Crippen LogP contribution in [0.25, 0.3) is 0 Å². The Kier molecular flexibility index (Phi) is 4.38. The standard InChI is InChI=1S/C9H14F3N3O2S/c1-3-7-13-5-8(14-7)18(16,17)15(4-2)6-9(10,11)12/h5H,3-4,6H2,1-2H3,(H,13,14). The van der Waals surface area contributed by atoms with Gasteiger partial charge in [0.25, 0.3) is 10.0 Å². The van der Waals surface area contributed by atoms with Gasteiger partial charge in [-0.15, -0.1) is 0 Å². The van der Waals surface area contributed by atoms with Crippen LogP contribution in [-0.4, -0.2) is 42.0 Å². The summed E-state index contributed by atoms with van der Waals surface area (Å²) in [5, 5.41) is -0.314. The van der Waals surface area contributed by atoms with Gasteiger partial charge in [-0.25, -0.2) is 13.4 Å². The van der Waals surface area contributed by atoms with Crippen LogP contribution >= 0.6 is 0 Å². The third-order valence-corrected chi connectivity index (χ3v) is 4.10. The highest BCUT2D eigenvalue weighted by Crippen LogP contribution is 2.21. The van der Waals surface area contributed by atoms with Crippen LogP contribution in [0.3, 0.4) is 0 Å². The number of imidazole rings is 1. The number of nitrogens with zero attached hydrogens (tertiary/aromatic N) is 2. The fourth-order valence-corrected chi connectivity index (χ4v) is 2.73. The minimum absolute atomic E-state index is 0.262. The molecule has 0 aliphatic heterocycles. The maximum atomic E-state index is 12.3. The molecule has 0 aliphatic rings. The second-order valence-corrected chi connectivity index (χ2v) is 5.50. The lowest BCUT2D eigenvalue weighted by atomic mass is 10.5. The molecule has 1 rings (SSSR count). The molecule has 104 valence electrons. The molecule has 1 heterocycles. The number of hydrogen-bond acceptors (Lipinski definition) is 3. The van der Waals surface area contributed by atoms with Crippen molar-refractivity contribution in [1.29, 1.82) is 0 Å². The maximum Gasteiger partial charge on any atom is 0.402 e. The van der Waals surface area contributed by atoms with Gasteiger partial charge in [-0.3, -0.25) is 0 Å². The molecule has 0 aliphatic carbocycles. The van der Waals surface area contributed by atoms with Gasteiger partial charge in [0.15, 0.2) is 5.03 Å². The first-order valence-corrected chi connectivity index (χ1v) is 6.75. The number of aromatic amines is 1. The summed E-state index contributed by atoms with van der Waals surface area (Å²) in [5.74, 6) is 0.414. The number of sulfonamides is 1. The Labute approximate surface area is 103 Å². The van der Waals surface area contributed by atoms with Gasteiger partial charge in [0.1, 0.15) is 12.4 Å². The van der Waals surface area contributed by atoms with Crippen molar-refractivity contribution >= 4 is 10.0 Å². The van der Waals surface area contributed by atoms with Crippen LogP contribution in [0.1, 0.15) is 19.7 Å². The van der Waals surface area contributed by atoms with Gasteiger partial charge in [0.2, 0.25) is 0 Å². The molecule has 1 aromatic heterocycles. The van der Waals surface area contributed by atoms with Crippen LogP contribution in [0.4, 0.5) is 13.2 Å². The zero-order valence-corrected chi connectivity index (χ0v) is 10.8. The molecule has 0 fully saturated rings. The largest absolute Gasteiger partial charge is 0.402 e. The third-order valence-electron chi connectivity index (χ3n) is 2.27. The van der Waals surface area contributed by atoms with Gasteiger partial charge in [-0.1, -0.05) is 13.8 Å². The minimum Gasteiger partial charge on any atom is -0.332 e. The molecule has 0 spiro atoms. The lowest BCUT2D eigenvalue weighted by Crippen LogP contribution is -2.38. The number of rotatable bonds is 5. The summed E-state index contributed by atoms with van der Waals surface area (Å²) in [6, 6.07) is 0. The molecule has 1 aromatic rings. The first-order valence-electron chi connectivity index (χ1n) is 5.31. The average Bonchev–Trinajstić information content (AvgIpc) is 2.73. The van der Waals surface area contributed by atoms with Crippen LogP contribution in [-0.2, 0) is 16.4 Å². The summed E-state index contributed by atoms with van der Waals surface area (Å²) in [5.41, 5.74) is 0. The fraction of sp³-hybridized carbons (Fsp3) is 0.667. The second kappa shape index (κ2) is 5.27. The Hall–Kier alpha value is -1.09. The van der Waals surface area contributed by atoms with E-state index in [1.165, 1.54) is 6.92 Å². The number of hydrogen-bond donors (Lipinski definition) is 1. The summed E-state index contributed by atoms with van der Waals surface area (Å²) in [4.78, 5) is 6.27. The highest BCUT2D eigenvalue weighted by Gasteiger charge is 2.36. The molecule has 9 heteroatoms. The fourth-order valence-electron chi connectivity index (χ4n) is 1.36. The van der Waals surface area contributed by atoms with Crippen molar-refractivity contribution < 1.29 is 21.6 Å². The van der Waals surface area contributed by atoms with E-state index in [4.69, 9.17) is 0 Å². The molecule has 0 unspecified atom stereocenters. The van der Waals surface area contributed by atoms with Crippen LogP contribution in [0.2, 0.25) is 0 Å². The van der Waals surface area contributed by atoms with Gasteiger partial charge in [0, 0.05) is 13.0 Å². The smallest absolute Gasteiger partial charge is 0.332 e. The predicted octanol–water partition coefficient (Wildman–Crippen LogP) is 1.55. The molecule has 0 saturated heterocycles. The maximum absolute atomic E-state index is 12.3. The van der Waals surface area contributed by atoms with Crippen molar-refractivity contribution in [1.82, 2.24) is 14.3 Å². The van der Waals surface area contributed by atoms with Gasteiger partial charge < -0.3 is 4.98 Å². The van der Waals surface area contributed by atoms with Crippen molar-refractivity contribution in [3.8, 4) is 0 Å². The molecule has 5 nitrogen and oxygen atoms in total. The Morgan fingerprint density at radius 2 is 2.00 bits per heavy atom. The predicted molar refractivity (Wildman–Crippen MR) is 58.5 cm³/mol. The summed E-state index contributed by atoms with van der Waals surface area (Å²) in [6.45, 7) is 1.33. The third kappa shape index (κ3) is 3.45. The van der Waals surface area contributed by atoms with Crippen LogP contribution in [0.5, 0.6) is 0 Å². The topological polar surface area (TPSA) is 66.1 Å².